The maximum Gasteiger partial charge on any atom is 0.373 e. The minimum Gasteiger partial charge on any atom is -0.474 e. The largest absolute Gasteiger partial charge is 0.474 e. The van der Waals surface area contributed by atoms with E-state index in [0.29, 0.717) is 95.3 Å². The van der Waals surface area contributed by atoms with Gasteiger partial charge in [-0.05, 0) is 194 Å². The second-order valence-electron chi connectivity index (χ2n) is 30.8. The molecule has 3 aromatic heterocycles. The van der Waals surface area contributed by atoms with Crippen LogP contribution in [0.15, 0.2) is 249 Å². The van der Waals surface area contributed by atoms with Crippen LogP contribution in [0.25, 0.3) is 33.4 Å². The van der Waals surface area contributed by atoms with E-state index in [1.165, 1.54) is 34.3 Å². The molecule has 4 aliphatic heterocycles. The molecule has 27 heteroatoms. The number of nitrogens with two attached hydrogens (primary N) is 1. The molecule has 11 aromatic rings. The first-order chi connectivity index (χ1) is 61.4. The molecule has 0 aliphatic carbocycles. The molecule has 7 heterocycles. The number of piperidine rings is 3. The Morgan fingerprint density at radius 3 is 1.14 bits per heavy atom. The van der Waals surface area contributed by atoms with Gasteiger partial charge in [-0.25, -0.2) is 28.9 Å². The Bertz CT molecular complexity index is 5210. The van der Waals surface area contributed by atoms with Gasteiger partial charge in [0.1, 0.15) is 24.1 Å². The average Bonchev–Trinajstić information content (AvgIpc) is 1.79. The van der Waals surface area contributed by atoms with Gasteiger partial charge in [0.15, 0.2) is 0 Å². The lowest BCUT2D eigenvalue weighted by atomic mass is 10.0. The zero-order chi connectivity index (χ0) is 91.7. The summed E-state index contributed by atoms with van der Waals surface area (Å²) in [4.78, 5) is 105. The van der Waals surface area contributed by atoms with Crippen LogP contribution in [-0.4, -0.2) is 216 Å². The number of hydrogen-bond acceptors (Lipinski definition) is 21. The molecule has 15 rings (SSSR count). The topological polar surface area (TPSA) is 268 Å². The third-order valence-corrected chi connectivity index (χ3v) is 21.0. The maximum atomic E-state index is 13.5. The number of aromatic nitrogens is 3. The van der Waals surface area contributed by atoms with E-state index < -0.39 is 17.8 Å². The number of cyclic esters (lactones) is 2. The molecule has 0 bridgehead atoms. The standard InChI is InChI=1S/C36H41N5O3.C25H27N3O2.C18H23N3O.C10H16N2.C8H3FO3.2CH3F.CO2/c1-39(2)29-14-9-26(10-15-29)19-22-37-35(42)32-7-5-6-8-33(32)36(43)41-23-20-31(21-24-41)44-34-18-13-28(25-38-34)27-11-16-30(17-12-27)40(3)4;1-27(2)22-11-8-19(9-12-22)21-10-13-24(26-18-21)30-23-14-16-28(17-15-23)25(29)20-6-4-3-5-7-20;1-21(2)16-6-3-14(4-7-16)15-5-8-18(20-13-15)22-17-9-11-19-12-10-17;1-12(2)10-5-3-9(4-6-10)7-8-11;9-4-1-2-5-6(3-4)8(11)12-7(5)10;2*1-2;2-1-3/h5-18,25,31H,19-24H2,1-4H3,(H,37,42);3-13,18,23H,14-17H2,1-2H3;3-8,13,17,19H,9-12H2,1-2H3;3-6H,7-8,11H2,1-2H3;1-3H;2*1H3;. The molecule has 668 valence electrons. The minimum atomic E-state index is -0.783. The number of nitrogens with zero attached hydrogens (tertiary/aromatic N) is 10. The van der Waals surface area contributed by atoms with Crippen molar-refractivity contribution in [2.45, 2.75) is 69.7 Å². The highest BCUT2D eigenvalue weighted by molar-refractivity contribution is 6.14. The van der Waals surface area contributed by atoms with E-state index >= 15 is 0 Å². The molecule has 0 saturated carbocycles. The van der Waals surface area contributed by atoms with Gasteiger partial charge in [-0.3, -0.25) is 23.2 Å². The summed E-state index contributed by atoms with van der Waals surface area (Å²) in [6, 6.07) is 73.8. The molecule has 4 aliphatic rings. The number of fused-ring (bicyclic) bond motifs is 1. The number of halogens is 3. The Labute approximate surface area is 743 Å². The van der Waals surface area contributed by atoms with Crippen LogP contribution in [0.1, 0.15) is 101 Å². The number of anilines is 5. The molecule has 0 spiro atoms. The van der Waals surface area contributed by atoms with Gasteiger partial charge in [0.25, 0.3) is 17.7 Å². The lowest BCUT2D eigenvalue weighted by Crippen LogP contribution is -2.42. The molecule has 3 fully saturated rings. The second-order valence-corrected chi connectivity index (χ2v) is 30.8. The number of alkyl halides is 2. The van der Waals surface area contributed by atoms with Gasteiger partial charge in [0, 0.05) is 216 Å². The van der Waals surface area contributed by atoms with Crippen molar-refractivity contribution in [1.29, 1.82) is 0 Å². The van der Waals surface area contributed by atoms with Crippen LogP contribution in [0.2, 0.25) is 0 Å². The number of carbonyl (C=O) groups excluding carboxylic acids is 7. The lowest BCUT2D eigenvalue weighted by molar-refractivity contribution is -0.191. The van der Waals surface area contributed by atoms with E-state index in [2.05, 4.69) is 182 Å². The molecule has 3 amide bonds. The van der Waals surface area contributed by atoms with Gasteiger partial charge in [0.05, 0.1) is 36.6 Å². The highest BCUT2D eigenvalue weighted by atomic mass is 19.1. The average molecular weight is 1730 g/mol. The predicted molar refractivity (Wildman–Crippen MR) is 496 cm³/mol. The quantitative estimate of drug-likeness (QED) is 0.0420. The Hall–Kier alpha value is -13.8. The summed E-state index contributed by atoms with van der Waals surface area (Å²) in [5.41, 5.74) is 22.1. The first-order valence-electron chi connectivity index (χ1n) is 41.9. The molecule has 0 unspecified atom stereocenters. The lowest BCUT2D eigenvalue weighted by Gasteiger charge is -2.32. The van der Waals surface area contributed by atoms with Crippen LogP contribution in [-0.2, 0) is 27.2 Å². The summed E-state index contributed by atoms with van der Waals surface area (Å²) in [5.74, 6) is -0.380. The van der Waals surface area contributed by atoms with Crippen LogP contribution in [0, 0.1) is 5.82 Å². The van der Waals surface area contributed by atoms with E-state index in [1.807, 2.05) is 160 Å². The Balaban J connectivity index is 0.000000208. The Kier molecular flexibility index (Phi) is 40.0. The SMILES string of the molecule is CF.CF.CN(C)c1ccc(-c2ccc(OC3CCN(C(=O)c4ccccc4)CC3)nc2)cc1.CN(C)c1ccc(-c2ccc(OC3CCNCC3)nc2)cc1.CN(C)c1ccc(CCN)cc1.CN(C)c1ccc(CCNC(=O)c2ccccc2C(=O)N2CCC(Oc3ccc(-c4ccc(N(C)C)cc4)cn3)CC2)cc1.O=C1OC(=O)c2cc(F)ccc21.O=C=O. The molecule has 24 nitrogen and oxygen atoms in total. The Morgan fingerprint density at radius 1 is 0.433 bits per heavy atom. The normalized spacial score (nSPS) is 13.2. The van der Waals surface area contributed by atoms with E-state index in [-0.39, 0.29) is 47.2 Å². The van der Waals surface area contributed by atoms with Crippen molar-refractivity contribution >= 4 is 64.2 Å². The number of hydrogen-bond donors (Lipinski definition) is 3. The van der Waals surface area contributed by atoms with E-state index in [4.69, 9.17) is 29.5 Å². The van der Waals surface area contributed by atoms with Crippen LogP contribution >= 0.6 is 0 Å². The highest BCUT2D eigenvalue weighted by Gasteiger charge is 2.31. The fourth-order valence-electron chi connectivity index (χ4n) is 13.9. The number of likely N-dealkylation sites (tertiary alicyclic amines) is 2. The van der Waals surface area contributed by atoms with Crippen molar-refractivity contribution in [3.8, 4) is 51.0 Å². The smallest absolute Gasteiger partial charge is 0.373 e. The number of rotatable bonds is 22. The van der Waals surface area contributed by atoms with Crippen molar-refractivity contribution in [3.05, 3.63) is 294 Å². The van der Waals surface area contributed by atoms with E-state index in [9.17, 15) is 37.1 Å². The van der Waals surface area contributed by atoms with Crippen LogP contribution in [0.4, 0.5) is 41.6 Å². The number of ether oxygens (including phenoxy) is 4. The number of amides is 3. The highest BCUT2D eigenvalue weighted by Crippen LogP contribution is 2.30. The van der Waals surface area contributed by atoms with Crippen molar-refractivity contribution in [2.75, 3.05) is 162 Å². The molecular formula is C100H116F3N13O11. The minimum absolute atomic E-state index is 0.000000000000000444. The van der Waals surface area contributed by atoms with Crippen molar-refractivity contribution in [3.63, 3.8) is 0 Å². The monoisotopic (exact) mass is 1730 g/mol. The van der Waals surface area contributed by atoms with Gasteiger partial charge >= 0.3 is 18.1 Å². The van der Waals surface area contributed by atoms with Gasteiger partial charge < -0.3 is 69.6 Å². The zero-order valence-electron chi connectivity index (χ0n) is 74.4. The summed E-state index contributed by atoms with van der Waals surface area (Å²) < 4.78 is 54.0. The predicted octanol–water partition coefficient (Wildman–Crippen LogP) is 16.0. The molecule has 0 radical (unpaired) electrons. The molecule has 4 N–H and O–H groups in total. The first-order valence-corrected chi connectivity index (χ1v) is 41.9. The maximum absolute atomic E-state index is 13.5. The molecule has 127 heavy (non-hydrogen) atoms. The van der Waals surface area contributed by atoms with Crippen LogP contribution < -0.4 is 55.1 Å². The van der Waals surface area contributed by atoms with E-state index in [0.717, 1.165) is 120 Å². The number of esters is 2. The summed E-state index contributed by atoms with van der Waals surface area (Å²) in [7, 11) is 21.3. The van der Waals surface area contributed by atoms with Gasteiger partial charge in [0.2, 0.25) is 17.6 Å². The molecular weight excluding hydrogens is 1620 g/mol. The summed E-state index contributed by atoms with van der Waals surface area (Å²) >= 11 is 0. The Morgan fingerprint density at radius 2 is 0.772 bits per heavy atom. The van der Waals surface area contributed by atoms with Crippen molar-refractivity contribution < 1.29 is 65.7 Å². The van der Waals surface area contributed by atoms with Crippen molar-refractivity contribution in [2.24, 2.45) is 5.73 Å². The molecule has 8 aromatic carbocycles. The number of benzene rings is 8. The first kappa shape index (κ1) is 98.7. The zero-order valence-corrected chi connectivity index (χ0v) is 74.4. The number of pyridine rings is 3. The number of nitrogens with one attached hydrogen (secondary N) is 2. The van der Waals surface area contributed by atoms with Gasteiger partial charge in [-0.15, -0.1) is 0 Å². The second kappa shape index (κ2) is 51.5. The summed E-state index contributed by atoms with van der Waals surface area (Å²) in [5, 5.41) is 6.33. The summed E-state index contributed by atoms with van der Waals surface area (Å²) in [6.07, 6.45) is 13.0. The van der Waals surface area contributed by atoms with Crippen molar-refractivity contribution in [1.82, 2.24) is 35.4 Å². The fourth-order valence-corrected chi connectivity index (χ4v) is 13.9. The van der Waals surface area contributed by atoms with Gasteiger partial charge in [-0.2, -0.15) is 9.59 Å². The third kappa shape index (κ3) is 30.6. The van der Waals surface area contributed by atoms with Crippen LogP contribution in [0.5, 0.6) is 17.6 Å². The fraction of sp³-hybridized carbons (Fsp3) is 0.310. The van der Waals surface area contributed by atoms with Gasteiger partial charge in [-0.1, -0.05) is 91.0 Å². The molecule has 3 saturated heterocycles. The van der Waals surface area contributed by atoms with Crippen LogP contribution in [0.3, 0.4) is 0 Å². The number of carbonyl (C=O) groups is 5. The van der Waals surface area contributed by atoms with E-state index in [1.54, 1.807) is 24.3 Å². The third-order valence-electron chi connectivity index (χ3n) is 21.0. The molecule has 0 atom stereocenters. The summed E-state index contributed by atoms with van der Waals surface area (Å²) in [6.45, 7) is 5.78.